The molecule has 9 heteroatoms. The van der Waals surface area contributed by atoms with Gasteiger partial charge in [-0.3, -0.25) is 14.8 Å². The fraction of sp³-hybridized carbons (Fsp3) is 0. The minimum atomic E-state index is -3.99. The zero-order valence-corrected chi connectivity index (χ0v) is 12.7. The van der Waals surface area contributed by atoms with Crippen LogP contribution in [-0.4, -0.2) is 13.3 Å². The molecule has 110 valence electrons. The first-order valence-electron chi connectivity index (χ1n) is 5.52. The Morgan fingerprint density at radius 1 is 1.19 bits per heavy atom. The monoisotopic (exact) mass is 374 g/mol. The molecule has 0 bridgehead atoms. The summed E-state index contributed by atoms with van der Waals surface area (Å²) >= 11 is 3.10. The quantitative estimate of drug-likeness (QED) is 0.656. The highest BCUT2D eigenvalue weighted by Crippen LogP contribution is 2.26. The summed E-state index contributed by atoms with van der Waals surface area (Å²) in [5.41, 5.74) is -0.766. The number of nitro groups is 1. The number of anilines is 1. The summed E-state index contributed by atoms with van der Waals surface area (Å²) in [4.78, 5) is 9.78. The summed E-state index contributed by atoms with van der Waals surface area (Å²) in [5, 5.41) is 10.6. The van der Waals surface area contributed by atoms with Crippen molar-refractivity contribution in [3.63, 3.8) is 0 Å². The average Bonchev–Trinajstić information content (AvgIpc) is 2.37. The number of nitrogens with zero attached hydrogens (tertiary/aromatic N) is 1. The van der Waals surface area contributed by atoms with Gasteiger partial charge in [0.1, 0.15) is 10.7 Å². The van der Waals surface area contributed by atoms with Crippen LogP contribution in [0.4, 0.5) is 15.8 Å². The van der Waals surface area contributed by atoms with Crippen LogP contribution in [0.1, 0.15) is 0 Å². The Hall–Kier alpha value is -2.00. The second-order valence-electron chi connectivity index (χ2n) is 3.99. The van der Waals surface area contributed by atoms with Gasteiger partial charge in [-0.2, -0.15) is 0 Å². The topological polar surface area (TPSA) is 89.3 Å². The first-order chi connectivity index (χ1) is 9.79. The lowest BCUT2D eigenvalue weighted by Gasteiger charge is -2.09. The highest BCUT2D eigenvalue weighted by molar-refractivity contribution is 9.10. The van der Waals surface area contributed by atoms with Gasteiger partial charge in [0, 0.05) is 10.5 Å². The van der Waals surface area contributed by atoms with Crippen LogP contribution in [0.25, 0.3) is 0 Å². The fourth-order valence-corrected chi connectivity index (χ4v) is 3.66. The van der Waals surface area contributed by atoms with Gasteiger partial charge in [-0.05, 0) is 34.1 Å². The van der Waals surface area contributed by atoms with Crippen LogP contribution < -0.4 is 4.72 Å². The normalized spacial score (nSPS) is 11.1. The zero-order chi connectivity index (χ0) is 15.6. The second kappa shape index (κ2) is 5.78. The lowest BCUT2D eigenvalue weighted by atomic mass is 10.3. The minimum Gasteiger partial charge on any atom is -0.279 e. The van der Waals surface area contributed by atoms with E-state index in [9.17, 15) is 22.9 Å². The maximum absolute atomic E-state index is 13.3. The molecule has 0 atom stereocenters. The van der Waals surface area contributed by atoms with Crippen molar-refractivity contribution in [2.24, 2.45) is 0 Å². The van der Waals surface area contributed by atoms with Gasteiger partial charge >= 0.3 is 0 Å². The van der Waals surface area contributed by atoms with E-state index in [1.165, 1.54) is 18.2 Å². The third-order valence-electron chi connectivity index (χ3n) is 2.47. The molecule has 0 heterocycles. The summed E-state index contributed by atoms with van der Waals surface area (Å²) in [6, 6.07) is 8.54. The van der Waals surface area contributed by atoms with Gasteiger partial charge in [-0.25, -0.2) is 12.8 Å². The maximum Gasteiger partial charge on any atom is 0.274 e. The predicted molar refractivity (Wildman–Crippen MR) is 78.0 cm³/mol. The number of benzene rings is 2. The van der Waals surface area contributed by atoms with E-state index in [1.54, 1.807) is 6.07 Å². The number of halogens is 2. The highest BCUT2D eigenvalue weighted by atomic mass is 79.9. The molecule has 0 aliphatic carbocycles. The van der Waals surface area contributed by atoms with Gasteiger partial charge in [0.15, 0.2) is 0 Å². The molecule has 21 heavy (non-hydrogen) atoms. The smallest absolute Gasteiger partial charge is 0.274 e. The van der Waals surface area contributed by atoms with Crippen molar-refractivity contribution in [1.82, 2.24) is 0 Å². The molecule has 2 rings (SSSR count). The first kappa shape index (κ1) is 15.4. The Bertz CT molecular complexity index is 811. The summed E-state index contributed by atoms with van der Waals surface area (Å²) in [6.07, 6.45) is 0. The largest absolute Gasteiger partial charge is 0.279 e. The summed E-state index contributed by atoms with van der Waals surface area (Å²) in [6.45, 7) is 0. The van der Waals surface area contributed by atoms with E-state index in [2.05, 4.69) is 20.7 Å². The van der Waals surface area contributed by atoms with Crippen LogP contribution in [0.2, 0.25) is 0 Å². The summed E-state index contributed by atoms with van der Waals surface area (Å²) in [7, 11) is -3.99. The van der Waals surface area contributed by atoms with Crippen molar-refractivity contribution < 1.29 is 17.7 Å². The van der Waals surface area contributed by atoms with E-state index >= 15 is 0 Å². The van der Waals surface area contributed by atoms with E-state index in [0.717, 1.165) is 12.1 Å². The molecule has 0 unspecified atom stereocenters. The molecule has 0 aliphatic rings. The number of nitrogens with one attached hydrogen (secondary N) is 1. The zero-order valence-electron chi connectivity index (χ0n) is 10.3. The molecule has 6 nitrogen and oxygen atoms in total. The van der Waals surface area contributed by atoms with Crippen LogP contribution >= 0.6 is 15.9 Å². The number of hydrogen-bond acceptors (Lipinski definition) is 4. The standard InChI is InChI=1S/C12H8BrFN2O4S/c13-11-3-1-2-4-12(11)21(19,20)15-9-5-8(14)6-10(7-9)16(17)18/h1-7,15H. The average molecular weight is 375 g/mol. The Morgan fingerprint density at radius 3 is 2.48 bits per heavy atom. The molecular weight excluding hydrogens is 367 g/mol. The lowest BCUT2D eigenvalue weighted by molar-refractivity contribution is -0.385. The molecule has 0 spiro atoms. The van der Waals surface area contributed by atoms with Crippen LogP contribution in [0, 0.1) is 15.9 Å². The van der Waals surface area contributed by atoms with Gasteiger partial charge in [-0.1, -0.05) is 12.1 Å². The van der Waals surface area contributed by atoms with Crippen molar-refractivity contribution in [2.45, 2.75) is 4.90 Å². The third kappa shape index (κ3) is 3.56. The highest BCUT2D eigenvalue weighted by Gasteiger charge is 2.19. The van der Waals surface area contributed by atoms with E-state index in [4.69, 9.17) is 0 Å². The Morgan fingerprint density at radius 2 is 1.86 bits per heavy atom. The van der Waals surface area contributed by atoms with E-state index in [1.807, 2.05) is 0 Å². The minimum absolute atomic E-state index is 0.0584. The summed E-state index contributed by atoms with van der Waals surface area (Å²) in [5.74, 6) is -0.908. The SMILES string of the molecule is O=[N+]([O-])c1cc(F)cc(NS(=O)(=O)c2ccccc2Br)c1. The molecule has 0 fully saturated rings. The first-order valence-corrected chi connectivity index (χ1v) is 7.79. The van der Waals surface area contributed by atoms with Gasteiger partial charge in [0.05, 0.1) is 16.7 Å². The third-order valence-corrected chi connectivity index (χ3v) is 4.87. The molecule has 0 saturated carbocycles. The van der Waals surface area contributed by atoms with E-state index in [0.29, 0.717) is 10.5 Å². The Labute approximate surface area is 127 Å². The van der Waals surface area contributed by atoms with E-state index < -0.39 is 26.5 Å². The van der Waals surface area contributed by atoms with Gasteiger partial charge in [0.2, 0.25) is 0 Å². The van der Waals surface area contributed by atoms with Crippen LogP contribution in [0.5, 0.6) is 0 Å². The van der Waals surface area contributed by atoms with Crippen molar-refractivity contribution in [3.05, 3.63) is 62.9 Å². The maximum atomic E-state index is 13.3. The van der Waals surface area contributed by atoms with Gasteiger partial charge < -0.3 is 0 Å². The molecule has 2 aromatic rings. The molecule has 0 aliphatic heterocycles. The molecule has 0 radical (unpaired) electrons. The number of sulfonamides is 1. The second-order valence-corrected chi connectivity index (χ2v) is 6.50. The van der Waals surface area contributed by atoms with Crippen LogP contribution in [0.3, 0.4) is 0 Å². The number of hydrogen-bond donors (Lipinski definition) is 1. The van der Waals surface area contributed by atoms with Crippen LogP contribution in [-0.2, 0) is 10.0 Å². The number of rotatable bonds is 4. The lowest BCUT2D eigenvalue weighted by Crippen LogP contribution is -2.13. The molecule has 0 aromatic heterocycles. The van der Waals surface area contributed by atoms with Crippen LogP contribution in [0.15, 0.2) is 51.8 Å². The van der Waals surface area contributed by atoms with E-state index in [-0.39, 0.29) is 10.6 Å². The van der Waals surface area contributed by atoms with Crippen molar-refractivity contribution >= 4 is 37.3 Å². The van der Waals surface area contributed by atoms with Gasteiger partial charge in [-0.15, -0.1) is 0 Å². The molecule has 0 amide bonds. The molecule has 0 saturated heterocycles. The van der Waals surface area contributed by atoms with Gasteiger partial charge in [0.25, 0.3) is 15.7 Å². The molecular formula is C12H8BrFN2O4S. The van der Waals surface area contributed by atoms with Crippen molar-refractivity contribution in [1.29, 1.82) is 0 Å². The number of non-ortho nitro benzene ring substituents is 1. The molecule has 2 aromatic carbocycles. The van der Waals surface area contributed by atoms with Crippen molar-refractivity contribution in [2.75, 3.05) is 4.72 Å². The van der Waals surface area contributed by atoms with Crippen molar-refractivity contribution in [3.8, 4) is 0 Å². The Kier molecular flexibility index (Phi) is 4.24. The predicted octanol–water partition coefficient (Wildman–Crippen LogP) is 3.30. The number of nitro benzene ring substituents is 1. The Balaban J connectivity index is 2.42. The summed E-state index contributed by atoms with van der Waals surface area (Å²) < 4.78 is 40.1. The fourth-order valence-electron chi connectivity index (χ4n) is 1.61. The molecule has 1 N–H and O–H groups in total.